The van der Waals surface area contributed by atoms with Crippen LogP contribution in [0.3, 0.4) is 0 Å². The van der Waals surface area contributed by atoms with Gasteiger partial charge in [0.25, 0.3) is 0 Å². The minimum atomic E-state index is -4.24. The van der Waals surface area contributed by atoms with Crippen LogP contribution in [0.15, 0.2) is 22.4 Å². The molecule has 0 aliphatic heterocycles. The van der Waals surface area contributed by atoms with Gasteiger partial charge in [0, 0.05) is 18.4 Å². The van der Waals surface area contributed by atoms with Gasteiger partial charge in [-0.2, -0.15) is 8.78 Å². The molecule has 0 aliphatic carbocycles. The lowest BCUT2D eigenvalue weighted by atomic mass is 10.2. The van der Waals surface area contributed by atoms with Gasteiger partial charge in [-0.15, -0.1) is 0 Å². The van der Waals surface area contributed by atoms with Gasteiger partial charge in [0.1, 0.15) is 12.4 Å². The molecule has 1 rings (SSSR count). The Hall–Kier alpha value is -2.11. The monoisotopic (exact) mass is 396 g/mol. The number of halogens is 4. The molecule has 0 bridgehead atoms. The number of alkyl halides is 4. The Bertz CT molecular complexity index is 617. The van der Waals surface area contributed by atoms with E-state index >= 15 is 0 Å². The Kier molecular flexibility index (Phi) is 9.10. The molecule has 4 N–H and O–H groups in total. The van der Waals surface area contributed by atoms with Crippen LogP contribution in [0, 0.1) is 5.41 Å². The molecule has 0 saturated carbocycles. The summed E-state index contributed by atoms with van der Waals surface area (Å²) in [5.41, 5.74) is 5.41. The summed E-state index contributed by atoms with van der Waals surface area (Å²) < 4.78 is 54.5. The van der Waals surface area contributed by atoms with Crippen LogP contribution in [0.25, 0.3) is 0 Å². The molecule has 0 saturated heterocycles. The van der Waals surface area contributed by atoms with Crippen molar-refractivity contribution in [2.45, 2.75) is 36.8 Å². The lowest BCUT2D eigenvalue weighted by Gasteiger charge is -2.12. The van der Waals surface area contributed by atoms with E-state index in [2.05, 4.69) is 20.3 Å². The first kappa shape index (κ1) is 21.9. The molecule has 12 heteroatoms. The first-order valence-electron chi connectivity index (χ1n) is 7.54. The van der Waals surface area contributed by atoms with Crippen molar-refractivity contribution in [3.05, 3.63) is 12.3 Å². The highest BCUT2D eigenvalue weighted by Gasteiger charge is 2.40. The number of nitrogens with one attached hydrogen (secondary N) is 2. The average Bonchev–Trinajstić information content (AvgIpc) is 2.59. The lowest BCUT2D eigenvalue weighted by Crippen LogP contribution is -2.33. The summed E-state index contributed by atoms with van der Waals surface area (Å²) in [6.07, 6.45) is -0.206. The smallest absolute Gasteiger partial charge is 0.326 e. The van der Waals surface area contributed by atoms with Gasteiger partial charge in [0.2, 0.25) is 0 Å². The highest BCUT2D eigenvalue weighted by atomic mass is 32.2. The number of anilines is 1. The molecule has 0 radical (unpaired) electrons. The van der Waals surface area contributed by atoms with Crippen LogP contribution in [0.1, 0.15) is 19.3 Å². The van der Waals surface area contributed by atoms with Crippen molar-refractivity contribution in [2.75, 3.05) is 24.7 Å². The van der Waals surface area contributed by atoms with E-state index in [1.807, 2.05) is 0 Å². The maximum atomic E-state index is 12.8. The summed E-state index contributed by atoms with van der Waals surface area (Å²) in [6, 6.07) is 1.44. The molecule has 1 heterocycles. The molecule has 0 amide bonds. The van der Waals surface area contributed by atoms with Crippen molar-refractivity contribution in [3.8, 4) is 0 Å². The molecule has 0 aromatic carbocycles. The number of hydrogen-bond donors (Lipinski definition) is 3. The van der Waals surface area contributed by atoms with Gasteiger partial charge in [-0.25, -0.2) is 23.7 Å². The highest BCUT2D eigenvalue weighted by molar-refractivity contribution is 7.99. The van der Waals surface area contributed by atoms with Gasteiger partial charge < -0.3 is 15.8 Å². The van der Waals surface area contributed by atoms with Gasteiger partial charge in [-0.1, -0.05) is 11.8 Å². The van der Waals surface area contributed by atoms with Crippen LogP contribution >= 0.6 is 11.8 Å². The van der Waals surface area contributed by atoms with E-state index < -0.39 is 24.9 Å². The quantitative estimate of drug-likeness (QED) is 0.140. The summed E-state index contributed by atoms with van der Waals surface area (Å²) in [4.78, 5) is 11.4. The minimum absolute atomic E-state index is 0.213. The van der Waals surface area contributed by atoms with Crippen molar-refractivity contribution in [2.24, 2.45) is 10.7 Å². The second-order valence-corrected chi connectivity index (χ2v) is 6.11. The molecular weight excluding hydrogens is 376 g/mol. The Morgan fingerprint density at radius 1 is 1.46 bits per heavy atom. The van der Waals surface area contributed by atoms with E-state index in [1.54, 1.807) is 0 Å². The molecular formula is C14H20F4N6OS. The molecule has 0 aliphatic rings. The zero-order valence-corrected chi connectivity index (χ0v) is 14.8. The fraction of sp³-hybridized carbons (Fsp3) is 0.571. The fourth-order valence-corrected chi connectivity index (χ4v) is 2.39. The molecule has 26 heavy (non-hydrogen) atoms. The normalized spacial score (nSPS) is 12.3. The number of ether oxygens (including phenoxy) is 1. The fourth-order valence-electron chi connectivity index (χ4n) is 1.56. The summed E-state index contributed by atoms with van der Waals surface area (Å²) in [5, 5.41) is 10.2. The van der Waals surface area contributed by atoms with Crippen LogP contribution < -0.4 is 11.1 Å². The molecule has 7 nitrogen and oxygen atoms in total. The maximum Gasteiger partial charge on any atom is 0.326 e. The first-order chi connectivity index (χ1) is 12.2. The number of rotatable bonds is 10. The number of unbranched alkanes of at least 4 members (excludes halogenated alkanes) is 1. The van der Waals surface area contributed by atoms with E-state index in [1.165, 1.54) is 31.1 Å². The summed E-state index contributed by atoms with van der Waals surface area (Å²) >= 11 is 1.37. The number of thioether (sulfide) groups is 1. The third-order valence-corrected chi connectivity index (χ3v) is 3.89. The molecule has 0 atom stereocenters. The van der Waals surface area contributed by atoms with Gasteiger partial charge in [-0.3, -0.25) is 5.41 Å². The van der Waals surface area contributed by atoms with E-state index in [-0.39, 0.29) is 11.7 Å². The van der Waals surface area contributed by atoms with Crippen molar-refractivity contribution < 1.29 is 22.3 Å². The maximum absolute atomic E-state index is 12.8. The SMILES string of the molecule is COC(=N)CCCCSc1nccc(NC(N)=NCC(F)(F)C(F)F)n1. The van der Waals surface area contributed by atoms with Crippen molar-refractivity contribution in [1.29, 1.82) is 5.41 Å². The second kappa shape index (κ2) is 10.8. The van der Waals surface area contributed by atoms with Crippen LogP contribution in [0.5, 0.6) is 0 Å². The predicted octanol–water partition coefficient (Wildman–Crippen LogP) is 2.99. The lowest BCUT2D eigenvalue weighted by molar-refractivity contribution is -0.119. The van der Waals surface area contributed by atoms with Crippen molar-refractivity contribution >= 4 is 29.4 Å². The Labute approximate surface area is 152 Å². The zero-order chi connectivity index (χ0) is 19.6. The third-order valence-electron chi connectivity index (χ3n) is 2.94. The number of guanidine groups is 1. The molecule has 0 unspecified atom stereocenters. The van der Waals surface area contributed by atoms with Crippen molar-refractivity contribution in [1.82, 2.24) is 9.97 Å². The zero-order valence-electron chi connectivity index (χ0n) is 14.0. The Balaban J connectivity index is 2.47. The number of methoxy groups -OCH3 is 1. The number of aromatic nitrogens is 2. The molecule has 0 fully saturated rings. The predicted molar refractivity (Wildman–Crippen MR) is 92.4 cm³/mol. The third kappa shape index (κ3) is 8.32. The van der Waals surface area contributed by atoms with Crippen LogP contribution in [0.4, 0.5) is 23.4 Å². The van der Waals surface area contributed by atoms with Gasteiger partial charge in [0.15, 0.2) is 17.0 Å². The summed E-state index contributed by atoms with van der Waals surface area (Å²) in [5.74, 6) is -3.53. The van der Waals surface area contributed by atoms with Gasteiger partial charge in [0.05, 0.1) is 7.11 Å². The summed E-state index contributed by atoms with van der Waals surface area (Å²) in [7, 11) is 1.45. The number of aliphatic imine (C=N–C) groups is 1. The van der Waals surface area contributed by atoms with E-state index in [4.69, 9.17) is 15.9 Å². The molecule has 1 aromatic heterocycles. The first-order valence-corrected chi connectivity index (χ1v) is 8.53. The van der Waals surface area contributed by atoms with Crippen LogP contribution in [0.2, 0.25) is 0 Å². The standard InChI is InChI=1S/C14H20F4N6OS/c1-25-9(19)4-2-3-7-26-13-21-6-5-10(24-13)23-12(20)22-8-14(17,18)11(15)16/h5-6,11,19H,2-4,7-8H2,1H3,(H3,20,21,22,23,24). The van der Waals surface area contributed by atoms with Gasteiger partial charge in [-0.05, 0) is 18.9 Å². The Morgan fingerprint density at radius 3 is 2.85 bits per heavy atom. The second-order valence-electron chi connectivity index (χ2n) is 5.05. The van der Waals surface area contributed by atoms with E-state index in [9.17, 15) is 17.6 Å². The summed E-state index contributed by atoms with van der Waals surface area (Å²) in [6.45, 7) is -1.42. The highest BCUT2D eigenvalue weighted by Crippen LogP contribution is 2.23. The minimum Gasteiger partial charge on any atom is -0.484 e. The van der Waals surface area contributed by atoms with Crippen molar-refractivity contribution in [3.63, 3.8) is 0 Å². The number of nitrogens with two attached hydrogens (primary N) is 1. The van der Waals surface area contributed by atoms with E-state index in [0.717, 1.165) is 12.8 Å². The van der Waals surface area contributed by atoms with E-state index in [0.29, 0.717) is 17.3 Å². The number of nitrogens with zero attached hydrogens (tertiary/aromatic N) is 3. The largest absolute Gasteiger partial charge is 0.484 e. The van der Waals surface area contributed by atoms with Crippen LogP contribution in [-0.4, -0.2) is 53.6 Å². The molecule has 1 aromatic rings. The van der Waals surface area contributed by atoms with Crippen LogP contribution in [-0.2, 0) is 4.74 Å². The average molecular weight is 396 g/mol. The van der Waals surface area contributed by atoms with Gasteiger partial charge >= 0.3 is 12.3 Å². The number of hydrogen-bond acceptors (Lipinski definition) is 6. The topological polar surface area (TPSA) is 109 Å². The molecule has 146 valence electrons. The Morgan fingerprint density at radius 2 is 2.19 bits per heavy atom. The molecule has 0 spiro atoms.